The lowest BCUT2D eigenvalue weighted by atomic mass is 10.1. The lowest BCUT2D eigenvalue weighted by molar-refractivity contribution is -0.286. The van der Waals surface area contributed by atoms with Crippen LogP contribution in [0.25, 0.3) is 0 Å². The summed E-state index contributed by atoms with van der Waals surface area (Å²) in [5.74, 6) is 0.442. The Labute approximate surface area is 146 Å². The first-order valence-corrected chi connectivity index (χ1v) is 7.64. The van der Waals surface area contributed by atoms with E-state index in [-0.39, 0.29) is 22.7 Å². The monoisotopic (exact) mass is 365 g/mol. The number of fused-ring (bicyclic) bond motifs is 2. The molecule has 0 fully saturated rings. The van der Waals surface area contributed by atoms with Gasteiger partial charge in [0.1, 0.15) is 13.2 Å². The molecule has 2 aromatic rings. The Hall–Kier alpha value is -3.23. The van der Waals surface area contributed by atoms with Gasteiger partial charge in [0, 0.05) is 17.3 Å². The van der Waals surface area contributed by atoms with E-state index in [0.717, 1.165) is 0 Å². The number of anilines is 1. The van der Waals surface area contributed by atoms with Gasteiger partial charge < -0.3 is 29.0 Å². The first kappa shape index (κ1) is 16.2. The summed E-state index contributed by atoms with van der Waals surface area (Å²) >= 11 is 0. The third-order valence-electron chi connectivity index (χ3n) is 3.75. The number of hydrogen-bond acceptors (Lipinski definition) is 6. The third kappa shape index (κ3) is 2.92. The normalized spacial score (nSPS) is 16.1. The van der Waals surface area contributed by atoms with E-state index in [2.05, 4.69) is 14.8 Å². The summed E-state index contributed by atoms with van der Waals surface area (Å²) in [5, 5.41) is 2.60. The van der Waals surface area contributed by atoms with Crippen molar-refractivity contribution < 1.29 is 37.3 Å². The number of benzene rings is 2. The van der Waals surface area contributed by atoms with Crippen LogP contribution in [0.2, 0.25) is 0 Å². The average Bonchev–Trinajstić information content (AvgIpc) is 2.93. The van der Waals surface area contributed by atoms with Crippen molar-refractivity contribution in [2.75, 3.05) is 25.6 Å². The highest BCUT2D eigenvalue weighted by Crippen LogP contribution is 2.43. The van der Waals surface area contributed by atoms with Gasteiger partial charge in [0.15, 0.2) is 23.0 Å². The first-order chi connectivity index (χ1) is 12.4. The predicted octanol–water partition coefficient (Wildman–Crippen LogP) is 3.04. The van der Waals surface area contributed by atoms with E-state index >= 15 is 0 Å². The fourth-order valence-corrected chi connectivity index (χ4v) is 2.63. The molecule has 26 heavy (non-hydrogen) atoms. The minimum atomic E-state index is -3.71. The zero-order valence-electron chi connectivity index (χ0n) is 13.5. The van der Waals surface area contributed by atoms with Gasteiger partial charge in [-0.15, -0.1) is 8.78 Å². The number of methoxy groups -OCH3 is 1. The smallest absolute Gasteiger partial charge is 0.493 e. The fraction of sp³-hybridized carbons (Fsp3) is 0.235. The summed E-state index contributed by atoms with van der Waals surface area (Å²) in [4.78, 5) is 12.5. The molecule has 2 aliphatic heterocycles. The highest BCUT2D eigenvalue weighted by Gasteiger charge is 2.43. The van der Waals surface area contributed by atoms with E-state index < -0.39 is 12.2 Å². The van der Waals surface area contributed by atoms with Gasteiger partial charge >= 0.3 is 6.29 Å². The molecular formula is C17H13F2NO6. The van der Waals surface area contributed by atoms with Crippen molar-refractivity contribution in [2.24, 2.45) is 0 Å². The zero-order chi connectivity index (χ0) is 18.3. The Bertz CT molecular complexity index is 869. The SMILES string of the molecule is COc1cc(C(=O)Nc2ccc3c(c2)OC(F)(F)O3)cc2c1OCCO2. The van der Waals surface area contributed by atoms with Crippen LogP contribution in [-0.2, 0) is 0 Å². The van der Waals surface area contributed by atoms with Gasteiger partial charge in [-0.1, -0.05) is 0 Å². The van der Waals surface area contributed by atoms with Crippen molar-refractivity contribution in [2.45, 2.75) is 6.29 Å². The summed E-state index contributed by atoms with van der Waals surface area (Å²) in [6.07, 6.45) is -3.71. The second-order valence-electron chi connectivity index (χ2n) is 5.49. The van der Waals surface area contributed by atoms with Crippen LogP contribution in [0.15, 0.2) is 30.3 Å². The lowest BCUT2D eigenvalue weighted by Crippen LogP contribution is -2.25. The summed E-state index contributed by atoms with van der Waals surface area (Å²) in [5.41, 5.74) is 0.526. The topological polar surface area (TPSA) is 75.3 Å². The Morgan fingerprint density at radius 1 is 1.08 bits per heavy atom. The van der Waals surface area contributed by atoms with Crippen LogP contribution < -0.4 is 29.0 Å². The number of amides is 1. The lowest BCUT2D eigenvalue weighted by Gasteiger charge is -2.21. The summed E-state index contributed by atoms with van der Waals surface area (Å²) in [7, 11) is 1.45. The third-order valence-corrected chi connectivity index (χ3v) is 3.75. The Morgan fingerprint density at radius 3 is 2.65 bits per heavy atom. The molecule has 7 nitrogen and oxygen atoms in total. The maximum absolute atomic E-state index is 13.1. The molecule has 0 aliphatic carbocycles. The number of carbonyl (C=O) groups is 1. The molecule has 1 N–H and O–H groups in total. The molecule has 0 bridgehead atoms. The predicted molar refractivity (Wildman–Crippen MR) is 84.6 cm³/mol. The molecule has 136 valence electrons. The van der Waals surface area contributed by atoms with Crippen LogP contribution >= 0.6 is 0 Å². The van der Waals surface area contributed by atoms with Crippen LogP contribution in [0.1, 0.15) is 10.4 Å². The highest BCUT2D eigenvalue weighted by molar-refractivity contribution is 6.05. The molecule has 0 unspecified atom stereocenters. The summed E-state index contributed by atoms with van der Waals surface area (Å²) < 4.78 is 51.0. The van der Waals surface area contributed by atoms with Gasteiger partial charge in [-0.2, -0.15) is 0 Å². The number of halogens is 2. The first-order valence-electron chi connectivity index (χ1n) is 7.64. The summed E-state index contributed by atoms with van der Waals surface area (Å²) in [6, 6.07) is 6.99. The van der Waals surface area contributed by atoms with E-state index in [0.29, 0.717) is 30.5 Å². The van der Waals surface area contributed by atoms with Crippen LogP contribution in [0.3, 0.4) is 0 Å². The largest absolute Gasteiger partial charge is 0.586 e. The Morgan fingerprint density at radius 2 is 1.85 bits per heavy atom. The van der Waals surface area contributed by atoms with Crippen molar-refractivity contribution in [3.05, 3.63) is 35.9 Å². The van der Waals surface area contributed by atoms with Crippen molar-refractivity contribution in [3.63, 3.8) is 0 Å². The number of ether oxygens (including phenoxy) is 5. The van der Waals surface area contributed by atoms with Gasteiger partial charge in [0.2, 0.25) is 5.75 Å². The number of alkyl halides is 2. The zero-order valence-corrected chi connectivity index (χ0v) is 13.5. The molecule has 0 saturated carbocycles. The minimum Gasteiger partial charge on any atom is -0.493 e. The maximum atomic E-state index is 13.1. The molecule has 2 heterocycles. The van der Waals surface area contributed by atoms with Gasteiger partial charge in [0.25, 0.3) is 5.91 Å². The molecule has 9 heteroatoms. The van der Waals surface area contributed by atoms with Gasteiger partial charge in [-0.05, 0) is 24.3 Å². The summed E-state index contributed by atoms with van der Waals surface area (Å²) in [6.45, 7) is 0.744. The Balaban J connectivity index is 1.58. The molecule has 0 aromatic heterocycles. The van der Waals surface area contributed by atoms with E-state index in [1.807, 2.05) is 0 Å². The maximum Gasteiger partial charge on any atom is 0.586 e. The minimum absolute atomic E-state index is 0.103. The highest BCUT2D eigenvalue weighted by atomic mass is 19.3. The van der Waals surface area contributed by atoms with Crippen molar-refractivity contribution in [1.29, 1.82) is 0 Å². The molecule has 2 aromatic carbocycles. The van der Waals surface area contributed by atoms with Crippen molar-refractivity contribution >= 4 is 11.6 Å². The molecule has 4 rings (SSSR count). The molecular weight excluding hydrogens is 352 g/mol. The number of nitrogens with one attached hydrogen (secondary N) is 1. The molecule has 2 aliphatic rings. The van der Waals surface area contributed by atoms with Crippen molar-refractivity contribution in [3.8, 4) is 28.7 Å². The Kier molecular flexibility index (Phi) is 3.71. The van der Waals surface area contributed by atoms with Crippen molar-refractivity contribution in [1.82, 2.24) is 0 Å². The van der Waals surface area contributed by atoms with Gasteiger partial charge in [-0.3, -0.25) is 4.79 Å². The standard InChI is InChI=1S/C17H13F2NO6/c1-22-13-6-9(7-14-15(13)24-5-4-23-14)16(21)20-10-2-3-11-12(8-10)26-17(18,19)25-11/h2-3,6-8H,4-5H2,1H3,(H,20,21). The second kappa shape index (κ2) is 5.94. The second-order valence-corrected chi connectivity index (χ2v) is 5.49. The van der Waals surface area contributed by atoms with E-state index in [9.17, 15) is 13.6 Å². The molecule has 0 radical (unpaired) electrons. The number of carbonyl (C=O) groups excluding carboxylic acids is 1. The van der Waals surface area contributed by atoms with Gasteiger partial charge in [0.05, 0.1) is 7.11 Å². The average molecular weight is 365 g/mol. The van der Waals surface area contributed by atoms with Crippen LogP contribution in [-0.4, -0.2) is 32.5 Å². The van der Waals surface area contributed by atoms with E-state index in [4.69, 9.17) is 14.2 Å². The van der Waals surface area contributed by atoms with E-state index in [1.54, 1.807) is 0 Å². The molecule has 0 atom stereocenters. The molecule has 1 amide bonds. The quantitative estimate of drug-likeness (QED) is 0.901. The number of hydrogen-bond donors (Lipinski definition) is 1. The van der Waals surface area contributed by atoms with Crippen LogP contribution in [0.5, 0.6) is 28.7 Å². The van der Waals surface area contributed by atoms with Crippen LogP contribution in [0, 0.1) is 0 Å². The van der Waals surface area contributed by atoms with Gasteiger partial charge in [-0.25, -0.2) is 0 Å². The number of rotatable bonds is 3. The fourth-order valence-electron chi connectivity index (χ4n) is 2.63. The molecule has 0 spiro atoms. The molecule has 0 saturated heterocycles. The van der Waals surface area contributed by atoms with E-state index in [1.165, 1.54) is 37.4 Å². The van der Waals surface area contributed by atoms with Crippen LogP contribution in [0.4, 0.5) is 14.5 Å².